The van der Waals surface area contributed by atoms with E-state index in [1.165, 1.54) is 15.3 Å². The molecule has 0 radical (unpaired) electrons. The molecule has 3 rings (SSSR count). The molecule has 0 fully saturated rings. The van der Waals surface area contributed by atoms with Gasteiger partial charge in [0.2, 0.25) is 0 Å². The fraction of sp³-hybridized carbons (Fsp3) is 0.375. The smallest absolute Gasteiger partial charge is 0.127 e. The number of nitrogens with one attached hydrogen (secondary N) is 1. The molecule has 1 aromatic heterocycles. The molecule has 0 bridgehead atoms. The Kier molecular flexibility index (Phi) is 4.01. The third kappa shape index (κ3) is 2.58. The molecule has 2 aromatic rings. The molecular weight excluding hydrogens is 290 g/mol. The first-order valence-corrected chi connectivity index (χ1v) is 8.13. The van der Waals surface area contributed by atoms with Crippen molar-refractivity contribution in [1.82, 2.24) is 5.32 Å². The summed E-state index contributed by atoms with van der Waals surface area (Å²) in [5.74, 6) is 1.02. The zero-order valence-corrected chi connectivity index (χ0v) is 13.3. The van der Waals surface area contributed by atoms with Gasteiger partial charge in [-0.1, -0.05) is 18.5 Å². The summed E-state index contributed by atoms with van der Waals surface area (Å²) in [6, 6.07) is 8.57. The van der Waals surface area contributed by atoms with E-state index in [0.29, 0.717) is 0 Å². The predicted octanol–water partition coefficient (Wildman–Crippen LogP) is 4.34. The fourth-order valence-electron chi connectivity index (χ4n) is 2.69. The van der Waals surface area contributed by atoms with Crippen LogP contribution in [0, 0.1) is 6.92 Å². The van der Waals surface area contributed by atoms with Gasteiger partial charge in [0, 0.05) is 26.8 Å². The highest BCUT2D eigenvalue weighted by Crippen LogP contribution is 2.40. The number of aryl methyl sites for hydroxylation is 1. The van der Waals surface area contributed by atoms with Gasteiger partial charge in [-0.25, -0.2) is 0 Å². The molecule has 2 heterocycles. The van der Waals surface area contributed by atoms with Crippen LogP contribution in [0.25, 0.3) is 0 Å². The Labute approximate surface area is 128 Å². The van der Waals surface area contributed by atoms with Crippen molar-refractivity contribution in [1.29, 1.82) is 0 Å². The second kappa shape index (κ2) is 5.76. The Morgan fingerprint density at radius 3 is 2.95 bits per heavy atom. The summed E-state index contributed by atoms with van der Waals surface area (Å²) in [7, 11) is 0. The third-order valence-electron chi connectivity index (χ3n) is 3.54. The van der Waals surface area contributed by atoms with E-state index in [0.717, 1.165) is 35.9 Å². The van der Waals surface area contributed by atoms with E-state index in [9.17, 15) is 0 Å². The number of fused-ring (bicyclic) bond motifs is 1. The maximum Gasteiger partial charge on any atom is 0.127 e. The molecule has 1 aliphatic heterocycles. The van der Waals surface area contributed by atoms with Crippen LogP contribution >= 0.6 is 22.9 Å². The lowest BCUT2D eigenvalue weighted by Gasteiger charge is -2.20. The lowest BCUT2D eigenvalue weighted by Crippen LogP contribution is -2.21. The summed E-state index contributed by atoms with van der Waals surface area (Å²) in [5, 5.41) is 4.35. The number of ether oxygens (including phenoxy) is 1. The molecule has 0 aliphatic carbocycles. The van der Waals surface area contributed by atoms with Crippen LogP contribution in [-0.2, 0) is 6.42 Å². The summed E-state index contributed by atoms with van der Waals surface area (Å²) in [6.07, 6.45) is 0.950. The SMILES string of the molecule is CCNC(c1ccc(C)s1)c1cc(Cl)cc2c1OCC2. The van der Waals surface area contributed by atoms with Gasteiger partial charge < -0.3 is 10.1 Å². The minimum Gasteiger partial charge on any atom is -0.493 e. The van der Waals surface area contributed by atoms with Crippen molar-refractivity contribution < 1.29 is 4.74 Å². The summed E-state index contributed by atoms with van der Waals surface area (Å²) in [4.78, 5) is 2.63. The van der Waals surface area contributed by atoms with E-state index >= 15 is 0 Å². The van der Waals surface area contributed by atoms with Crippen molar-refractivity contribution in [3.63, 3.8) is 0 Å². The minimum atomic E-state index is 0.157. The Hall–Kier alpha value is -1.03. The van der Waals surface area contributed by atoms with Gasteiger partial charge >= 0.3 is 0 Å². The largest absolute Gasteiger partial charge is 0.493 e. The molecule has 1 aliphatic rings. The van der Waals surface area contributed by atoms with Gasteiger partial charge in [0.15, 0.2) is 0 Å². The van der Waals surface area contributed by atoms with E-state index in [2.05, 4.69) is 31.3 Å². The molecule has 1 aromatic carbocycles. The zero-order valence-electron chi connectivity index (χ0n) is 11.7. The van der Waals surface area contributed by atoms with Crippen molar-refractivity contribution in [3.8, 4) is 5.75 Å². The highest BCUT2D eigenvalue weighted by molar-refractivity contribution is 7.12. The third-order valence-corrected chi connectivity index (χ3v) is 4.83. The average Bonchev–Trinajstić information content (AvgIpc) is 3.03. The van der Waals surface area contributed by atoms with E-state index in [-0.39, 0.29) is 6.04 Å². The molecule has 0 saturated carbocycles. The molecule has 1 unspecified atom stereocenters. The summed E-state index contributed by atoms with van der Waals surface area (Å²) < 4.78 is 5.85. The average molecular weight is 308 g/mol. The highest BCUT2D eigenvalue weighted by atomic mass is 35.5. The van der Waals surface area contributed by atoms with E-state index in [4.69, 9.17) is 16.3 Å². The molecule has 0 spiro atoms. The number of thiophene rings is 1. The maximum absolute atomic E-state index is 6.29. The van der Waals surface area contributed by atoms with Gasteiger partial charge in [-0.3, -0.25) is 0 Å². The lowest BCUT2D eigenvalue weighted by molar-refractivity contribution is 0.351. The Morgan fingerprint density at radius 1 is 1.40 bits per heavy atom. The lowest BCUT2D eigenvalue weighted by atomic mass is 10.0. The first-order valence-electron chi connectivity index (χ1n) is 6.94. The summed E-state index contributed by atoms with van der Waals surface area (Å²) in [5.41, 5.74) is 2.39. The molecule has 2 nitrogen and oxygen atoms in total. The van der Waals surface area contributed by atoms with Crippen LogP contribution in [0.2, 0.25) is 5.02 Å². The molecule has 106 valence electrons. The Morgan fingerprint density at radius 2 is 2.25 bits per heavy atom. The topological polar surface area (TPSA) is 21.3 Å². The van der Waals surface area contributed by atoms with Gasteiger partial charge in [0.05, 0.1) is 12.6 Å². The Bertz CT molecular complexity index is 623. The van der Waals surface area contributed by atoms with Crippen molar-refractivity contribution in [2.24, 2.45) is 0 Å². The first kappa shape index (κ1) is 13.9. The second-order valence-corrected chi connectivity index (χ2v) is 6.78. The van der Waals surface area contributed by atoms with Crippen molar-refractivity contribution in [2.45, 2.75) is 26.3 Å². The van der Waals surface area contributed by atoms with Gasteiger partial charge in [0.25, 0.3) is 0 Å². The van der Waals surface area contributed by atoms with Crippen molar-refractivity contribution in [2.75, 3.05) is 13.2 Å². The van der Waals surface area contributed by atoms with Crippen LogP contribution in [0.4, 0.5) is 0 Å². The Balaban J connectivity index is 2.08. The van der Waals surface area contributed by atoms with Crippen LogP contribution in [0.3, 0.4) is 0 Å². The molecular formula is C16H18ClNOS. The molecule has 4 heteroatoms. The first-order chi connectivity index (χ1) is 9.69. The number of hydrogen-bond acceptors (Lipinski definition) is 3. The molecule has 0 amide bonds. The maximum atomic E-state index is 6.29. The predicted molar refractivity (Wildman–Crippen MR) is 85.2 cm³/mol. The van der Waals surface area contributed by atoms with E-state index < -0.39 is 0 Å². The second-order valence-electron chi connectivity index (χ2n) is 5.02. The van der Waals surface area contributed by atoms with Gasteiger partial charge in [-0.15, -0.1) is 11.3 Å². The van der Waals surface area contributed by atoms with Gasteiger partial charge in [-0.05, 0) is 43.3 Å². The highest BCUT2D eigenvalue weighted by Gasteiger charge is 2.24. The zero-order chi connectivity index (χ0) is 14.1. The minimum absolute atomic E-state index is 0.157. The molecule has 20 heavy (non-hydrogen) atoms. The number of rotatable bonds is 4. The van der Waals surface area contributed by atoms with Crippen LogP contribution < -0.4 is 10.1 Å². The van der Waals surface area contributed by atoms with Crippen LogP contribution in [0.15, 0.2) is 24.3 Å². The van der Waals surface area contributed by atoms with E-state index in [1.807, 2.05) is 23.5 Å². The monoisotopic (exact) mass is 307 g/mol. The number of hydrogen-bond donors (Lipinski definition) is 1. The summed E-state index contributed by atoms with van der Waals surface area (Å²) in [6.45, 7) is 5.92. The van der Waals surface area contributed by atoms with Crippen molar-refractivity contribution in [3.05, 3.63) is 50.2 Å². The number of halogens is 1. The summed E-state index contributed by atoms with van der Waals surface area (Å²) >= 11 is 8.11. The quantitative estimate of drug-likeness (QED) is 0.907. The fourth-order valence-corrected chi connectivity index (χ4v) is 3.91. The van der Waals surface area contributed by atoms with E-state index in [1.54, 1.807) is 0 Å². The van der Waals surface area contributed by atoms with Crippen LogP contribution in [0.1, 0.15) is 33.8 Å². The van der Waals surface area contributed by atoms with Crippen LogP contribution in [-0.4, -0.2) is 13.2 Å². The molecule has 0 saturated heterocycles. The molecule has 1 N–H and O–H groups in total. The molecule has 1 atom stereocenters. The van der Waals surface area contributed by atoms with Gasteiger partial charge in [0.1, 0.15) is 5.75 Å². The number of benzene rings is 1. The van der Waals surface area contributed by atoms with Crippen LogP contribution in [0.5, 0.6) is 5.75 Å². The van der Waals surface area contributed by atoms with Gasteiger partial charge in [-0.2, -0.15) is 0 Å². The standard InChI is InChI=1S/C16H18ClNOS/c1-3-18-15(14-5-4-10(2)20-14)13-9-12(17)8-11-6-7-19-16(11)13/h4-5,8-9,15,18H,3,6-7H2,1-2H3. The van der Waals surface area contributed by atoms with Crippen molar-refractivity contribution >= 4 is 22.9 Å². The normalized spacial score (nSPS) is 14.9.